The van der Waals surface area contributed by atoms with Gasteiger partial charge in [0.15, 0.2) is 0 Å². The lowest BCUT2D eigenvalue weighted by Crippen LogP contribution is -2.36. The highest BCUT2D eigenvalue weighted by molar-refractivity contribution is 7.10. The van der Waals surface area contributed by atoms with E-state index in [1.807, 2.05) is 11.3 Å². The summed E-state index contributed by atoms with van der Waals surface area (Å²) in [5.74, 6) is 0.759. The van der Waals surface area contributed by atoms with Crippen LogP contribution in [0.3, 0.4) is 0 Å². The molecule has 0 radical (unpaired) electrons. The Hall–Kier alpha value is -0.380. The van der Waals surface area contributed by atoms with Crippen LogP contribution in [0.25, 0.3) is 0 Å². The molecule has 0 bridgehead atoms. The second kappa shape index (κ2) is 6.69. The smallest absolute Gasteiger partial charge is 0.0484 e. The Morgan fingerprint density at radius 3 is 2.89 bits per heavy atom. The minimum absolute atomic E-state index is 0.630. The van der Waals surface area contributed by atoms with E-state index in [1.165, 1.54) is 37.9 Å². The van der Waals surface area contributed by atoms with Crippen LogP contribution in [0.1, 0.15) is 42.7 Å². The number of rotatable bonds is 4. The summed E-state index contributed by atoms with van der Waals surface area (Å²) in [6.45, 7) is 8.14. The van der Waals surface area contributed by atoms with Gasteiger partial charge in [-0.1, -0.05) is 13.3 Å². The summed E-state index contributed by atoms with van der Waals surface area (Å²) in [5, 5.41) is 5.65. The van der Waals surface area contributed by atoms with Crippen molar-refractivity contribution >= 4 is 11.3 Å². The monoisotopic (exact) mass is 266 g/mol. The second-order valence-corrected chi connectivity index (χ2v) is 6.30. The molecular weight excluding hydrogens is 240 g/mol. The van der Waals surface area contributed by atoms with E-state index in [9.17, 15) is 0 Å². The highest BCUT2D eigenvalue weighted by atomic mass is 32.1. The van der Waals surface area contributed by atoms with Crippen LogP contribution in [0.5, 0.6) is 0 Å². The van der Waals surface area contributed by atoms with Crippen LogP contribution in [0.15, 0.2) is 11.4 Å². The van der Waals surface area contributed by atoms with Crippen LogP contribution >= 0.6 is 11.3 Å². The lowest BCUT2D eigenvalue weighted by atomic mass is 9.92. The molecule has 1 aromatic rings. The summed E-state index contributed by atoms with van der Waals surface area (Å²) in [6, 6.07) is 2.90. The van der Waals surface area contributed by atoms with Crippen LogP contribution in [0, 0.1) is 12.8 Å². The third kappa shape index (κ3) is 2.95. The highest BCUT2D eigenvalue weighted by Gasteiger charge is 2.31. The zero-order valence-corrected chi connectivity index (χ0v) is 12.7. The standard InChI is InChI=1S/C15H26N2S/c1-4-17-9-6-5-7-13(11-16-3)14(17)15-12(2)8-10-18-15/h8,10,13-14,16H,4-7,9,11H2,1-3H3. The van der Waals surface area contributed by atoms with Gasteiger partial charge < -0.3 is 5.32 Å². The number of aryl methyl sites for hydroxylation is 1. The second-order valence-electron chi connectivity index (χ2n) is 5.35. The predicted octanol–water partition coefficient (Wildman–Crippen LogP) is 3.44. The van der Waals surface area contributed by atoms with Gasteiger partial charge in [-0.15, -0.1) is 11.3 Å². The van der Waals surface area contributed by atoms with Gasteiger partial charge in [-0.05, 0) is 69.4 Å². The lowest BCUT2D eigenvalue weighted by Gasteiger charge is -2.34. The maximum absolute atomic E-state index is 3.40. The molecule has 2 atom stereocenters. The fourth-order valence-electron chi connectivity index (χ4n) is 3.21. The third-order valence-electron chi connectivity index (χ3n) is 4.15. The van der Waals surface area contributed by atoms with Crippen LogP contribution < -0.4 is 5.32 Å². The van der Waals surface area contributed by atoms with E-state index in [0.717, 1.165) is 12.5 Å². The minimum Gasteiger partial charge on any atom is -0.319 e. The number of nitrogens with one attached hydrogen (secondary N) is 1. The maximum atomic E-state index is 3.40. The first-order valence-corrected chi connectivity index (χ1v) is 8.08. The quantitative estimate of drug-likeness (QED) is 0.898. The zero-order chi connectivity index (χ0) is 13.0. The molecule has 0 aromatic carbocycles. The topological polar surface area (TPSA) is 15.3 Å². The molecule has 2 nitrogen and oxygen atoms in total. The van der Waals surface area contributed by atoms with Gasteiger partial charge in [0.25, 0.3) is 0 Å². The molecule has 1 aliphatic heterocycles. The van der Waals surface area contributed by atoms with Crippen molar-refractivity contribution in [2.75, 3.05) is 26.7 Å². The van der Waals surface area contributed by atoms with Crippen LogP contribution in [-0.2, 0) is 0 Å². The molecule has 1 saturated heterocycles. The van der Waals surface area contributed by atoms with E-state index in [2.05, 4.69) is 42.6 Å². The fraction of sp³-hybridized carbons (Fsp3) is 0.733. The van der Waals surface area contributed by atoms with Crippen molar-refractivity contribution in [3.05, 3.63) is 21.9 Å². The number of thiophene rings is 1. The molecule has 0 saturated carbocycles. The van der Waals surface area contributed by atoms with Crippen molar-refractivity contribution in [2.24, 2.45) is 5.92 Å². The van der Waals surface area contributed by atoms with E-state index in [1.54, 1.807) is 4.88 Å². The summed E-state index contributed by atoms with van der Waals surface area (Å²) < 4.78 is 0. The molecule has 2 rings (SSSR count). The summed E-state index contributed by atoms with van der Waals surface area (Å²) in [6.07, 6.45) is 4.10. The van der Waals surface area contributed by atoms with Gasteiger partial charge in [0.1, 0.15) is 0 Å². The van der Waals surface area contributed by atoms with E-state index in [-0.39, 0.29) is 0 Å². The molecule has 1 fully saturated rings. The lowest BCUT2D eigenvalue weighted by molar-refractivity contribution is 0.165. The minimum atomic E-state index is 0.630. The average molecular weight is 266 g/mol. The van der Waals surface area contributed by atoms with Crippen molar-refractivity contribution in [3.8, 4) is 0 Å². The van der Waals surface area contributed by atoms with Crippen LogP contribution in [0.2, 0.25) is 0 Å². The molecular formula is C15H26N2S. The first-order chi connectivity index (χ1) is 8.77. The van der Waals surface area contributed by atoms with Gasteiger partial charge in [-0.3, -0.25) is 4.90 Å². The Morgan fingerprint density at radius 2 is 2.28 bits per heavy atom. The van der Waals surface area contributed by atoms with E-state index in [0.29, 0.717) is 6.04 Å². The molecule has 1 aromatic heterocycles. The Bertz CT molecular complexity index is 361. The predicted molar refractivity (Wildman–Crippen MR) is 80.3 cm³/mol. The summed E-state index contributed by atoms with van der Waals surface area (Å²) in [7, 11) is 2.08. The van der Waals surface area contributed by atoms with Crippen molar-refractivity contribution in [1.82, 2.24) is 10.2 Å². The SMILES string of the molecule is CCN1CCCCC(CNC)C1c1sccc1C. The number of hydrogen-bond acceptors (Lipinski definition) is 3. The number of nitrogens with zero attached hydrogens (tertiary/aromatic N) is 1. The van der Waals surface area contributed by atoms with E-state index >= 15 is 0 Å². The Labute approximate surface area is 115 Å². The van der Waals surface area contributed by atoms with Gasteiger partial charge in [0.2, 0.25) is 0 Å². The molecule has 2 heterocycles. The highest BCUT2D eigenvalue weighted by Crippen LogP contribution is 2.38. The van der Waals surface area contributed by atoms with E-state index in [4.69, 9.17) is 0 Å². The molecule has 1 aliphatic rings. The normalized spacial score (nSPS) is 26.2. The van der Waals surface area contributed by atoms with Crippen molar-refractivity contribution in [2.45, 2.75) is 39.2 Å². The molecule has 18 heavy (non-hydrogen) atoms. The summed E-state index contributed by atoms with van der Waals surface area (Å²) in [4.78, 5) is 4.28. The van der Waals surface area contributed by atoms with Gasteiger partial charge in [-0.25, -0.2) is 0 Å². The Balaban J connectivity index is 2.29. The number of likely N-dealkylation sites (tertiary alicyclic amines) is 1. The maximum Gasteiger partial charge on any atom is 0.0484 e. The molecule has 3 heteroatoms. The fourth-order valence-corrected chi connectivity index (χ4v) is 4.37. The van der Waals surface area contributed by atoms with Crippen molar-refractivity contribution in [3.63, 3.8) is 0 Å². The largest absolute Gasteiger partial charge is 0.319 e. The molecule has 1 N–H and O–H groups in total. The van der Waals surface area contributed by atoms with Crippen LogP contribution in [-0.4, -0.2) is 31.6 Å². The Kier molecular flexibility index (Phi) is 5.22. The van der Waals surface area contributed by atoms with Gasteiger partial charge in [0.05, 0.1) is 0 Å². The van der Waals surface area contributed by atoms with Crippen LogP contribution in [0.4, 0.5) is 0 Å². The molecule has 0 amide bonds. The third-order valence-corrected chi connectivity index (χ3v) is 5.24. The first kappa shape index (κ1) is 14.0. The Morgan fingerprint density at radius 1 is 1.44 bits per heavy atom. The molecule has 0 aliphatic carbocycles. The number of hydrogen-bond donors (Lipinski definition) is 1. The summed E-state index contributed by atoms with van der Waals surface area (Å²) in [5.41, 5.74) is 1.48. The first-order valence-electron chi connectivity index (χ1n) is 7.20. The van der Waals surface area contributed by atoms with Crippen molar-refractivity contribution < 1.29 is 0 Å². The van der Waals surface area contributed by atoms with Gasteiger partial charge in [-0.2, -0.15) is 0 Å². The molecule has 0 spiro atoms. The summed E-state index contributed by atoms with van der Waals surface area (Å²) >= 11 is 1.94. The molecule has 2 unspecified atom stereocenters. The molecule has 102 valence electrons. The average Bonchev–Trinajstić information content (AvgIpc) is 2.68. The van der Waals surface area contributed by atoms with Gasteiger partial charge >= 0.3 is 0 Å². The van der Waals surface area contributed by atoms with Gasteiger partial charge in [0, 0.05) is 10.9 Å². The van der Waals surface area contributed by atoms with E-state index < -0.39 is 0 Å². The van der Waals surface area contributed by atoms with Crippen molar-refractivity contribution in [1.29, 1.82) is 0 Å². The zero-order valence-electron chi connectivity index (χ0n) is 11.9.